The number of ether oxygens (including phenoxy) is 1. The first-order valence-electron chi connectivity index (χ1n) is 4.40. The number of carbonyl (C=O) groups excluding carboxylic acids is 1. The van der Waals surface area contributed by atoms with Gasteiger partial charge >= 0.3 is 5.97 Å². The van der Waals surface area contributed by atoms with Gasteiger partial charge in [-0.3, -0.25) is 4.79 Å². The lowest BCUT2D eigenvalue weighted by atomic mass is 10.2. The van der Waals surface area contributed by atoms with Crippen molar-refractivity contribution in [3.63, 3.8) is 0 Å². The summed E-state index contributed by atoms with van der Waals surface area (Å²) in [5.74, 6) is 1.36. The van der Waals surface area contributed by atoms with Crippen molar-refractivity contribution in [2.75, 3.05) is 12.9 Å². The summed E-state index contributed by atoms with van der Waals surface area (Å²) in [6.45, 7) is 3.76. The van der Waals surface area contributed by atoms with Gasteiger partial charge in [0.05, 0.1) is 19.3 Å². The van der Waals surface area contributed by atoms with Crippen LogP contribution in [0.1, 0.15) is 12.7 Å². The number of hydrogen-bond donors (Lipinski definition) is 0. The van der Waals surface area contributed by atoms with Gasteiger partial charge in [0.25, 0.3) is 0 Å². The molecule has 0 amide bonds. The Balaban J connectivity index is 2.41. The molecule has 0 aromatic carbocycles. The molecule has 0 aliphatic rings. The van der Waals surface area contributed by atoms with Crippen molar-refractivity contribution in [2.24, 2.45) is 5.92 Å². The molecule has 1 aromatic heterocycles. The largest absolute Gasteiger partial charge is 0.469 e. The fourth-order valence-corrected chi connectivity index (χ4v) is 1.98. The van der Waals surface area contributed by atoms with E-state index in [1.807, 2.05) is 19.9 Å². The van der Waals surface area contributed by atoms with E-state index < -0.39 is 0 Å². The van der Waals surface area contributed by atoms with Crippen LogP contribution in [0.25, 0.3) is 0 Å². The first kappa shape index (κ1) is 11.2. The number of esters is 1. The Morgan fingerprint density at radius 2 is 2.43 bits per heavy atom. The Hall–Kier alpha value is -0.900. The van der Waals surface area contributed by atoms with Crippen molar-refractivity contribution in [1.29, 1.82) is 0 Å². The molecule has 1 atom stereocenters. The summed E-state index contributed by atoms with van der Waals surface area (Å²) < 4.78 is 9.78. The van der Waals surface area contributed by atoms with E-state index in [1.54, 1.807) is 18.0 Å². The highest BCUT2D eigenvalue weighted by Gasteiger charge is 2.14. The number of thioether (sulfide) groups is 1. The van der Waals surface area contributed by atoms with E-state index in [0.29, 0.717) is 5.75 Å². The number of rotatable bonds is 4. The number of hydrogen-bond acceptors (Lipinski definition) is 4. The van der Waals surface area contributed by atoms with Crippen molar-refractivity contribution in [1.82, 2.24) is 0 Å². The molecular formula is C10H14O3S. The maximum Gasteiger partial charge on any atom is 0.309 e. The third kappa shape index (κ3) is 2.80. The molecule has 4 heteroatoms. The van der Waals surface area contributed by atoms with Crippen molar-refractivity contribution in [3.8, 4) is 0 Å². The summed E-state index contributed by atoms with van der Waals surface area (Å²) in [4.78, 5) is 12.2. The van der Waals surface area contributed by atoms with Crippen LogP contribution in [0.3, 0.4) is 0 Å². The van der Waals surface area contributed by atoms with Crippen LogP contribution in [-0.2, 0) is 9.53 Å². The predicted molar refractivity (Wildman–Crippen MR) is 55.3 cm³/mol. The zero-order valence-corrected chi connectivity index (χ0v) is 9.39. The smallest absolute Gasteiger partial charge is 0.309 e. The second kappa shape index (κ2) is 5.10. The van der Waals surface area contributed by atoms with Crippen LogP contribution < -0.4 is 0 Å². The maximum absolute atomic E-state index is 11.1. The zero-order chi connectivity index (χ0) is 10.6. The summed E-state index contributed by atoms with van der Waals surface area (Å²) in [5, 5.41) is 0. The van der Waals surface area contributed by atoms with Crippen molar-refractivity contribution < 1.29 is 13.9 Å². The normalized spacial score (nSPS) is 12.5. The summed E-state index contributed by atoms with van der Waals surface area (Å²) in [6, 6.07) is 1.91. The van der Waals surface area contributed by atoms with E-state index in [1.165, 1.54) is 7.11 Å². The van der Waals surface area contributed by atoms with Crippen LogP contribution in [0.5, 0.6) is 0 Å². The molecule has 0 N–H and O–H groups in total. The summed E-state index contributed by atoms with van der Waals surface area (Å²) in [5.41, 5.74) is 0. The Morgan fingerprint density at radius 1 is 1.71 bits per heavy atom. The Bertz CT molecular complexity index is 306. The highest BCUT2D eigenvalue weighted by Crippen LogP contribution is 2.25. The first-order valence-corrected chi connectivity index (χ1v) is 5.38. The van der Waals surface area contributed by atoms with E-state index in [0.717, 1.165) is 10.7 Å². The number of furan rings is 1. The number of aryl methyl sites for hydroxylation is 1. The Kier molecular flexibility index (Phi) is 4.07. The lowest BCUT2D eigenvalue weighted by Crippen LogP contribution is -2.14. The van der Waals surface area contributed by atoms with Crippen LogP contribution in [0.4, 0.5) is 0 Å². The lowest BCUT2D eigenvalue weighted by molar-refractivity contribution is -0.143. The highest BCUT2D eigenvalue weighted by molar-refractivity contribution is 7.99. The van der Waals surface area contributed by atoms with Crippen molar-refractivity contribution in [3.05, 3.63) is 18.1 Å². The molecule has 0 spiro atoms. The minimum Gasteiger partial charge on any atom is -0.469 e. The second-order valence-electron chi connectivity index (χ2n) is 3.08. The van der Waals surface area contributed by atoms with Crippen LogP contribution in [0, 0.1) is 12.8 Å². The predicted octanol–water partition coefficient (Wildman–Crippen LogP) is 2.49. The maximum atomic E-state index is 11.1. The molecule has 78 valence electrons. The van der Waals surface area contributed by atoms with Crippen LogP contribution >= 0.6 is 11.8 Å². The fourth-order valence-electron chi connectivity index (χ4n) is 1.01. The number of carbonyl (C=O) groups is 1. The van der Waals surface area contributed by atoms with Gasteiger partial charge in [-0.25, -0.2) is 0 Å². The third-order valence-corrected chi connectivity index (χ3v) is 3.30. The van der Waals surface area contributed by atoms with E-state index >= 15 is 0 Å². The number of methoxy groups -OCH3 is 1. The molecule has 0 bridgehead atoms. The molecule has 1 aromatic rings. The lowest BCUT2D eigenvalue weighted by Gasteiger charge is -2.07. The Labute approximate surface area is 87.8 Å². The van der Waals surface area contributed by atoms with Crippen molar-refractivity contribution in [2.45, 2.75) is 18.7 Å². The van der Waals surface area contributed by atoms with Gasteiger partial charge in [0.2, 0.25) is 0 Å². The van der Waals surface area contributed by atoms with Gasteiger partial charge in [-0.1, -0.05) is 6.92 Å². The molecule has 1 unspecified atom stereocenters. The molecule has 0 aliphatic heterocycles. The highest BCUT2D eigenvalue weighted by atomic mass is 32.2. The molecule has 1 heterocycles. The molecule has 14 heavy (non-hydrogen) atoms. The Morgan fingerprint density at radius 3 is 2.93 bits per heavy atom. The van der Waals surface area contributed by atoms with Crippen molar-refractivity contribution >= 4 is 17.7 Å². The molecule has 0 fully saturated rings. The SMILES string of the molecule is COC(=O)C(C)CSc1ccoc1C. The van der Waals surface area contributed by atoms with Crippen LogP contribution in [0.15, 0.2) is 21.6 Å². The van der Waals surface area contributed by atoms with E-state index in [4.69, 9.17) is 4.42 Å². The standard InChI is InChI=1S/C10H14O3S/c1-7(10(11)12-3)6-14-9-4-5-13-8(9)2/h4-5,7H,6H2,1-3H3. The minimum absolute atomic E-state index is 0.0840. The molecule has 0 saturated carbocycles. The van der Waals surface area contributed by atoms with Gasteiger partial charge in [-0.05, 0) is 13.0 Å². The third-order valence-electron chi connectivity index (χ3n) is 1.90. The minimum atomic E-state index is -0.168. The zero-order valence-electron chi connectivity index (χ0n) is 8.57. The van der Waals surface area contributed by atoms with Gasteiger partial charge in [0, 0.05) is 10.6 Å². The average molecular weight is 214 g/mol. The fraction of sp³-hybridized carbons (Fsp3) is 0.500. The van der Waals surface area contributed by atoms with Gasteiger partial charge in [-0.15, -0.1) is 11.8 Å². The molecule has 0 aliphatic carbocycles. The average Bonchev–Trinajstić information content (AvgIpc) is 2.59. The second-order valence-corrected chi connectivity index (χ2v) is 4.14. The topological polar surface area (TPSA) is 39.4 Å². The molecule has 0 saturated heterocycles. The molecule has 0 radical (unpaired) electrons. The van der Waals surface area contributed by atoms with Crippen LogP contribution in [-0.4, -0.2) is 18.8 Å². The van der Waals surface area contributed by atoms with E-state index in [2.05, 4.69) is 4.74 Å². The molecular weight excluding hydrogens is 200 g/mol. The van der Waals surface area contributed by atoms with Gasteiger partial charge in [-0.2, -0.15) is 0 Å². The monoisotopic (exact) mass is 214 g/mol. The summed E-state index contributed by atoms with van der Waals surface area (Å²) in [6.07, 6.45) is 1.65. The first-order chi connectivity index (χ1) is 6.65. The van der Waals surface area contributed by atoms with Gasteiger partial charge in [0.1, 0.15) is 5.76 Å². The summed E-state index contributed by atoms with van der Waals surface area (Å²) in [7, 11) is 1.41. The summed E-state index contributed by atoms with van der Waals surface area (Å²) >= 11 is 1.61. The molecule has 1 rings (SSSR count). The molecule has 3 nitrogen and oxygen atoms in total. The van der Waals surface area contributed by atoms with Gasteiger partial charge < -0.3 is 9.15 Å². The van der Waals surface area contributed by atoms with E-state index in [-0.39, 0.29) is 11.9 Å². The van der Waals surface area contributed by atoms with Gasteiger partial charge in [0.15, 0.2) is 0 Å². The quantitative estimate of drug-likeness (QED) is 0.570. The van der Waals surface area contributed by atoms with E-state index in [9.17, 15) is 4.79 Å². The van der Waals surface area contributed by atoms with Crippen LogP contribution in [0.2, 0.25) is 0 Å².